The van der Waals surface area contributed by atoms with Gasteiger partial charge in [0, 0.05) is 0 Å². The van der Waals surface area contributed by atoms with Gasteiger partial charge in [-0.05, 0) is 37.1 Å². The van der Waals surface area contributed by atoms with E-state index >= 15 is 0 Å². The summed E-state index contributed by atoms with van der Waals surface area (Å²) in [6.07, 6.45) is 5.13. The average Bonchev–Trinajstić information content (AvgIpc) is 3.41. The van der Waals surface area contributed by atoms with E-state index in [4.69, 9.17) is 11.6 Å². The molecule has 1 aliphatic carbocycles. The number of hydrogen-bond acceptors (Lipinski definition) is 6. The number of halogens is 2. The molecule has 1 aliphatic rings. The van der Waals surface area contributed by atoms with Crippen LogP contribution >= 0.6 is 11.6 Å². The molecular weight excluding hydrogens is 463 g/mol. The maximum atomic E-state index is 14.9. The van der Waals surface area contributed by atoms with E-state index in [1.807, 2.05) is 0 Å². The zero-order valence-corrected chi connectivity index (χ0v) is 18.0. The topological polar surface area (TPSA) is 127 Å². The molecule has 0 saturated heterocycles. The maximum absolute atomic E-state index is 14.9. The summed E-state index contributed by atoms with van der Waals surface area (Å²) >= 11 is 6.02. The van der Waals surface area contributed by atoms with Crippen LogP contribution in [0, 0.1) is 5.82 Å². The summed E-state index contributed by atoms with van der Waals surface area (Å²) in [5.74, 6) is -0.755. The third-order valence-corrected chi connectivity index (χ3v) is 7.95. The van der Waals surface area contributed by atoms with E-state index in [1.165, 1.54) is 12.3 Å². The number of aromatic nitrogens is 4. The first kappa shape index (κ1) is 20.7. The summed E-state index contributed by atoms with van der Waals surface area (Å²) in [5, 5.41) is 13.5. The van der Waals surface area contributed by atoms with Crippen LogP contribution in [0.3, 0.4) is 0 Å². The van der Waals surface area contributed by atoms with Gasteiger partial charge in [0.05, 0.1) is 48.9 Å². The third-order valence-electron chi connectivity index (χ3n) is 5.86. The van der Waals surface area contributed by atoms with E-state index in [2.05, 4.69) is 10.1 Å². The number of fused-ring (bicyclic) bond motifs is 2. The van der Waals surface area contributed by atoms with E-state index in [1.54, 1.807) is 4.68 Å². The molecule has 0 bridgehead atoms. The van der Waals surface area contributed by atoms with E-state index in [0.717, 1.165) is 43.9 Å². The fourth-order valence-electron chi connectivity index (χ4n) is 4.27. The van der Waals surface area contributed by atoms with Crippen molar-refractivity contribution in [2.75, 3.05) is 0 Å². The van der Waals surface area contributed by atoms with Crippen LogP contribution < -0.4 is 11.2 Å². The predicted molar refractivity (Wildman–Crippen MR) is 114 cm³/mol. The Morgan fingerprint density at radius 3 is 2.62 bits per heavy atom. The molecule has 166 valence electrons. The maximum Gasteiger partial charge on any atom is 0.362 e. The number of sulfone groups is 1. The van der Waals surface area contributed by atoms with Gasteiger partial charge in [0.25, 0.3) is 5.56 Å². The quantitative estimate of drug-likeness (QED) is 0.436. The first-order chi connectivity index (χ1) is 15.2. The first-order valence-corrected chi connectivity index (χ1v) is 11.6. The molecule has 0 atom stereocenters. The number of H-pyrrole nitrogens is 1. The lowest BCUT2D eigenvalue weighted by Gasteiger charge is -2.13. The lowest BCUT2D eigenvalue weighted by Crippen LogP contribution is -2.33. The standard InChI is InChI=1S/C20H16ClFN4O5S/c21-13-5-6-16(18-17(13)19(27)26(29)20(28)24-18)32(30,31)11-7-14(22)12-9-23-25(15(12)8-11)10-3-1-2-4-10/h5-10,29H,1-4H2,(H,24,28). The molecule has 1 fully saturated rings. The van der Waals surface area contributed by atoms with Gasteiger partial charge >= 0.3 is 5.69 Å². The largest absolute Gasteiger partial charge is 0.421 e. The molecule has 1 saturated carbocycles. The number of aromatic amines is 1. The van der Waals surface area contributed by atoms with Gasteiger partial charge in [-0.1, -0.05) is 29.2 Å². The van der Waals surface area contributed by atoms with Crippen molar-refractivity contribution < 1.29 is 18.0 Å². The SMILES string of the molecule is O=c1[nH]c2c(S(=O)(=O)c3cc(F)c4cnn(C5CCCC5)c4c3)ccc(Cl)c2c(=O)n1O. The summed E-state index contributed by atoms with van der Waals surface area (Å²) in [7, 11) is -4.40. The molecule has 2 N–H and O–H groups in total. The highest BCUT2D eigenvalue weighted by atomic mass is 35.5. The molecule has 2 heterocycles. The first-order valence-electron chi connectivity index (χ1n) is 9.79. The average molecular weight is 479 g/mol. The van der Waals surface area contributed by atoms with Crippen LogP contribution in [0.5, 0.6) is 0 Å². The van der Waals surface area contributed by atoms with Crippen molar-refractivity contribution in [2.24, 2.45) is 0 Å². The third kappa shape index (κ3) is 2.95. The summed E-state index contributed by atoms with van der Waals surface area (Å²) in [4.78, 5) is 25.6. The van der Waals surface area contributed by atoms with Crippen molar-refractivity contribution in [1.29, 1.82) is 0 Å². The van der Waals surface area contributed by atoms with Gasteiger partial charge in [-0.3, -0.25) is 9.48 Å². The molecule has 2 aromatic carbocycles. The Bertz CT molecular complexity index is 1630. The molecule has 5 rings (SSSR count). The van der Waals surface area contributed by atoms with Gasteiger partial charge in [-0.2, -0.15) is 5.10 Å². The van der Waals surface area contributed by atoms with Crippen molar-refractivity contribution >= 4 is 43.2 Å². The number of hydrogen-bond donors (Lipinski definition) is 2. The zero-order valence-electron chi connectivity index (χ0n) is 16.4. The summed E-state index contributed by atoms with van der Waals surface area (Å²) in [6.45, 7) is 0. The molecule has 0 unspecified atom stereocenters. The number of rotatable bonds is 3. The van der Waals surface area contributed by atoms with E-state index < -0.39 is 31.8 Å². The van der Waals surface area contributed by atoms with Gasteiger partial charge < -0.3 is 10.2 Å². The monoisotopic (exact) mass is 478 g/mol. The molecule has 32 heavy (non-hydrogen) atoms. The van der Waals surface area contributed by atoms with Crippen LogP contribution in [-0.4, -0.2) is 33.1 Å². The summed E-state index contributed by atoms with van der Waals surface area (Å²) in [6, 6.07) is 4.55. The molecule has 9 nitrogen and oxygen atoms in total. The van der Waals surface area contributed by atoms with Crippen molar-refractivity contribution in [2.45, 2.75) is 41.5 Å². The Labute approximate surface area is 184 Å². The minimum absolute atomic E-state index is 0.0561. The second kappa shape index (κ2) is 7.17. The second-order valence-electron chi connectivity index (χ2n) is 7.71. The number of nitrogens with one attached hydrogen (secondary N) is 1. The zero-order chi connectivity index (χ0) is 22.8. The molecule has 4 aromatic rings. The fraction of sp³-hybridized carbons (Fsp3) is 0.250. The van der Waals surface area contributed by atoms with Crippen LogP contribution in [0.1, 0.15) is 31.7 Å². The van der Waals surface area contributed by atoms with Gasteiger partial charge in [-0.15, -0.1) is 0 Å². The molecular formula is C20H16ClFN4O5S. The lowest BCUT2D eigenvalue weighted by atomic mass is 10.2. The molecule has 2 aromatic heterocycles. The Morgan fingerprint density at radius 2 is 1.91 bits per heavy atom. The Morgan fingerprint density at radius 1 is 1.19 bits per heavy atom. The summed E-state index contributed by atoms with van der Waals surface area (Å²) < 4.78 is 43.3. The number of nitrogens with zero attached hydrogens (tertiary/aromatic N) is 3. The molecule has 0 aliphatic heterocycles. The molecule has 0 radical (unpaired) electrons. The van der Waals surface area contributed by atoms with Gasteiger partial charge in [0.15, 0.2) is 0 Å². The second-order valence-corrected chi connectivity index (χ2v) is 10.0. The highest BCUT2D eigenvalue weighted by molar-refractivity contribution is 7.91. The highest BCUT2D eigenvalue weighted by Crippen LogP contribution is 2.35. The normalized spacial score (nSPS) is 15.2. The Hall–Kier alpha value is -3.18. The Kier molecular flexibility index (Phi) is 4.64. The van der Waals surface area contributed by atoms with Crippen molar-refractivity contribution in [3.63, 3.8) is 0 Å². The molecule has 0 spiro atoms. The van der Waals surface area contributed by atoms with Crippen molar-refractivity contribution in [3.8, 4) is 0 Å². The Balaban J connectivity index is 1.78. The fourth-order valence-corrected chi connectivity index (χ4v) is 5.96. The van der Waals surface area contributed by atoms with E-state index in [-0.39, 0.29) is 37.0 Å². The minimum Gasteiger partial charge on any atom is -0.421 e. The van der Waals surface area contributed by atoms with Crippen LogP contribution in [-0.2, 0) is 9.84 Å². The van der Waals surface area contributed by atoms with Gasteiger partial charge in [0.2, 0.25) is 9.84 Å². The van der Waals surface area contributed by atoms with Crippen LogP contribution in [0.15, 0.2) is 49.8 Å². The summed E-state index contributed by atoms with van der Waals surface area (Å²) in [5.41, 5.74) is -2.43. The highest BCUT2D eigenvalue weighted by Gasteiger charge is 2.27. The predicted octanol–water partition coefficient (Wildman–Crippen LogP) is 3.02. The number of benzene rings is 2. The minimum atomic E-state index is -4.40. The van der Waals surface area contributed by atoms with E-state index in [9.17, 15) is 27.6 Å². The van der Waals surface area contributed by atoms with Gasteiger partial charge in [-0.25, -0.2) is 17.6 Å². The molecule has 0 amide bonds. The van der Waals surface area contributed by atoms with E-state index in [0.29, 0.717) is 5.52 Å². The van der Waals surface area contributed by atoms with Gasteiger partial charge in [0.1, 0.15) is 5.82 Å². The smallest absolute Gasteiger partial charge is 0.362 e. The lowest BCUT2D eigenvalue weighted by molar-refractivity contribution is 0.162. The van der Waals surface area contributed by atoms with Crippen LogP contribution in [0.25, 0.3) is 21.8 Å². The van der Waals surface area contributed by atoms with Crippen molar-refractivity contribution in [3.05, 3.63) is 62.1 Å². The molecule has 12 heteroatoms. The van der Waals surface area contributed by atoms with Crippen LogP contribution in [0.2, 0.25) is 5.02 Å². The van der Waals surface area contributed by atoms with Crippen molar-refractivity contribution in [1.82, 2.24) is 19.5 Å². The van der Waals surface area contributed by atoms with Crippen LogP contribution in [0.4, 0.5) is 4.39 Å².